The monoisotopic (exact) mass is 327 g/mol. The van der Waals surface area contributed by atoms with Gasteiger partial charge in [-0.3, -0.25) is 5.73 Å². The first-order chi connectivity index (χ1) is 11.5. The van der Waals surface area contributed by atoms with E-state index in [1.807, 2.05) is 37.3 Å². The normalized spacial score (nSPS) is 19.0. The van der Waals surface area contributed by atoms with Gasteiger partial charge in [0.1, 0.15) is 17.3 Å². The third-order valence-electron chi connectivity index (χ3n) is 4.26. The van der Waals surface area contributed by atoms with Crippen molar-refractivity contribution < 1.29 is 9.13 Å². The van der Waals surface area contributed by atoms with Crippen molar-refractivity contribution in [3.05, 3.63) is 59.7 Å². The highest BCUT2D eigenvalue weighted by Gasteiger charge is 2.28. The van der Waals surface area contributed by atoms with E-state index in [9.17, 15) is 4.39 Å². The van der Waals surface area contributed by atoms with Crippen molar-refractivity contribution in [2.75, 3.05) is 0 Å². The Labute approximate surface area is 141 Å². The highest BCUT2D eigenvalue weighted by molar-refractivity contribution is 5.89. The van der Waals surface area contributed by atoms with Gasteiger partial charge in [-0.2, -0.15) is 0 Å². The van der Waals surface area contributed by atoms with Crippen LogP contribution in [0.25, 0.3) is 0 Å². The van der Waals surface area contributed by atoms with Gasteiger partial charge in [0.05, 0.1) is 0 Å². The van der Waals surface area contributed by atoms with Gasteiger partial charge in [-0.05, 0) is 43.9 Å². The summed E-state index contributed by atoms with van der Waals surface area (Å²) in [6.45, 7) is 1.82. The van der Waals surface area contributed by atoms with Crippen LogP contribution in [0.2, 0.25) is 0 Å². The molecule has 0 aromatic heterocycles. The average molecular weight is 327 g/mol. The van der Waals surface area contributed by atoms with Crippen LogP contribution in [0.3, 0.4) is 0 Å². The lowest BCUT2D eigenvalue weighted by atomic mass is 9.96. The maximum Gasteiger partial charge on any atom is 0.184 e. The maximum absolute atomic E-state index is 14.9. The molecule has 0 spiro atoms. The molecule has 2 aromatic carbocycles. The van der Waals surface area contributed by atoms with Gasteiger partial charge in [0, 0.05) is 5.56 Å². The van der Waals surface area contributed by atoms with Gasteiger partial charge < -0.3 is 10.5 Å². The number of aliphatic imine (C=N–C) groups is 1. The Hall–Kier alpha value is -2.40. The first-order valence-corrected chi connectivity index (χ1v) is 8.13. The molecular weight excluding hydrogens is 305 g/mol. The zero-order valence-corrected chi connectivity index (χ0v) is 13.7. The van der Waals surface area contributed by atoms with Crippen molar-refractivity contribution in [2.24, 2.45) is 16.5 Å². The summed E-state index contributed by atoms with van der Waals surface area (Å²) in [6.07, 6.45) is 1.41. The number of hydrogen-bond acceptors (Lipinski definition) is 4. The van der Waals surface area contributed by atoms with E-state index in [1.165, 1.54) is 5.56 Å². The Bertz CT molecular complexity index is 744. The van der Waals surface area contributed by atoms with Crippen molar-refractivity contribution >= 4 is 11.5 Å². The Balaban J connectivity index is 1.70. The molecule has 2 aromatic rings. The molecule has 3 rings (SSSR count). The molecule has 1 heterocycles. The number of halogens is 1. The molecule has 0 radical (unpaired) electrons. The molecule has 0 saturated carbocycles. The predicted octanol–water partition coefficient (Wildman–Crippen LogP) is 3.56. The van der Waals surface area contributed by atoms with E-state index in [4.69, 9.17) is 16.2 Å². The van der Waals surface area contributed by atoms with E-state index in [0.29, 0.717) is 29.3 Å². The summed E-state index contributed by atoms with van der Waals surface area (Å²) in [5, 5.41) is 0. The Morgan fingerprint density at radius 2 is 1.96 bits per heavy atom. The predicted molar refractivity (Wildman–Crippen MR) is 94.2 cm³/mol. The number of fused-ring (bicyclic) bond motifs is 1. The lowest BCUT2D eigenvalue weighted by molar-refractivity contribution is 0.156. The second kappa shape index (κ2) is 6.61. The van der Waals surface area contributed by atoms with Gasteiger partial charge in [-0.15, -0.1) is 0 Å². The maximum atomic E-state index is 14.9. The second-order valence-corrected chi connectivity index (χ2v) is 6.18. The van der Waals surface area contributed by atoms with E-state index in [-0.39, 0.29) is 12.5 Å². The fourth-order valence-corrected chi connectivity index (χ4v) is 2.78. The van der Waals surface area contributed by atoms with Crippen LogP contribution in [0.5, 0.6) is 5.75 Å². The number of nitrogens with zero attached hydrogens (tertiary/aromatic N) is 1. The smallest absolute Gasteiger partial charge is 0.184 e. The SMILES string of the molecule is C[C@H]1Oc2ccc(C(N)(F)CCCc3ccccc3)cc2N=C1N. The van der Waals surface area contributed by atoms with Gasteiger partial charge in [-0.25, -0.2) is 9.38 Å². The molecule has 1 aliphatic heterocycles. The van der Waals surface area contributed by atoms with Gasteiger partial charge in [-0.1, -0.05) is 36.4 Å². The largest absolute Gasteiger partial charge is 0.481 e. The van der Waals surface area contributed by atoms with Crippen molar-refractivity contribution in [1.82, 2.24) is 0 Å². The number of ether oxygens (including phenoxy) is 1. The first kappa shape index (κ1) is 16.5. The molecule has 4 N–H and O–H groups in total. The topological polar surface area (TPSA) is 73.6 Å². The molecule has 1 aliphatic rings. The molecule has 0 fully saturated rings. The molecule has 1 unspecified atom stereocenters. The van der Waals surface area contributed by atoms with Crippen LogP contribution >= 0.6 is 0 Å². The quantitative estimate of drug-likeness (QED) is 0.825. The van der Waals surface area contributed by atoms with E-state index in [0.717, 1.165) is 6.42 Å². The summed E-state index contributed by atoms with van der Waals surface area (Å²) in [4.78, 5) is 4.28. The second-order valence-electron chi connectivity index (χ2n) is 6.18. The average Bonchev–Trinajstić information content (AvgIpc) is 2.56. The number of amidine groups is 1. The van der Waals surface area contributed by atoms with Crippen molar-refractivity contribution in [3.8, 4) is 5.75 Å². The summed E-state index contributed by atoms with van der Waals surface area (Å²) in [6, 6.07) is 15.0. The summed E-state index contributed by atoms with van der Waals surface area (Å²) in [5.41, 5.74) is 13.8. The van der Waals surface area contributed by atoms with Gasteiger partial charge in [0.15, 0.2) is 11.9 Å². The third-order valence-corrected chi connectivity index (χ3v) is 4.26. The van der Waals surface area contributed by atoms with E-state index >= 15 is 0 Å². The van der Waals surface area contributed by atoms with Crippen molar-refractivity contribution in [2.45, 2.75) is 38.1 Å². The Morgan fingerprint density at radius 1 is 1.21 bits per heavy atom. The van der Waals surface area contributed by atoms with Crippen molar-refractivity contribution in [1.29, 1.82) is 0 Å². The van der Waals surface area contributed by atoms with Gasteiger partial charge in [0.25, 0.3) is 0 Å². The van der Waals surface area contributed by atoms with E-state index in [1.54, 1.807) is 18.2 Å². The van der Waals surface area contributed by atoms with Crippen LogP contribution in [-0.4, -0.2) is 11.9 Å². The molecule has 0 aliphatic carbocycles. The van der Waals surface area contributed by atoms with Crippen LogP contribution in [-0.2, 0) is 12.2 Å². The molecule has 2 atom stereocenters. The van der Waals surface area contributed by atoms with E-state index in [2.05, 4.69) is 4.99 Å². The number of alkyl halides is 1. The summed E-state index contributed by atoms with van der Waals surface area (Å²) < 4.78 is 20.6. The Morgan fingerprint density at radius 3 is 2.71 bits per heavy atom. The van der Waals surface area contributed by atoms with Crippen LogP contribution in [0.15, 0.2) is 53.5 Å². The molecule has 0 bridgehead atoms. The minimum atomic E-state index is -1.91. The molecule has 4 nitrogen and oxygen atoms in total. The fourth-order valence-electron chi connectivity index (χ4n) is 2.78. The molecule has 126 valence electrons. The number of rotatable bonds is 5. The summed E-state index contributed by atoms with van der Waals surface area (Å²) in [7, 11) is 0. The first-order valence-electron chi connectivity index (χ1n) is 8.13. The molecule has 5 heteroatoms. The summed E-state index contributed by atoms with van der Waals surface area (Å²) in [5.74, 6) is -0.928. The fraction of sp³-hybridized carbons (Fsp3) is 0.316. The van der Waals surface area contributed by atoms with Crippen LogP contribution in [0.1, 0.15) is 30.9 Å². The molecule has 0 saturated heterocycles. The number of hydrogen-bond donors (Lipinski definition) is 2. The van der Waals surface area contributed by atoms with Crippen LogP contribution in [0.4, 0.5) is 10.1 Å². The molecule has 24 heavy (non-hydrogen) atoms. The minimum Gasteiger partial charge on any atom is -0.481 e. The number of aryl methyl sites for hydroxylation is 1. The molecular formula is C19H22FN3O. The lowest BCUT2D eigenvalue weighted by Gasteiger charge is -2.25. The summed E-state index contributed by atoms with van der Waals surface area (Å²) >= 11 is 0. The third kappa shape index (κ3) is 3.57. The van der Waals surface area contributed by atoms with Gasteiger partial charge >= 0.3 is 0 Å². The molecule has 0 amide bonds. The van der Waals surface area contributed by atoms with E-state index < -0.39 is 5.79 Å². The van der Waals surface area contributed by atoms with Crippen molar-refractivity contribution in [3.63, 3.8) is 0 Å². The van der Waals surface area contributed by atoms with Gasteiger partial charge in [0.2, 0.25) is 0 Å². The van der Waals surface area contributed by atoms with Crippen LogP contribution < -0.4 is 16.2 Å². The standard InChI is InChI=1S/C19H22FN3O/c1-13-18(21)23-16-12-15(9-10-17(16)24-13)19(20,22)11-5-8-14-6-3-2-4-7-14/h2-4,6-7,9-10,12-13H,5,8,11,22H2,1H3,(H2,21,23)/t13-,19?/m1/s1. The zero-order valence-electron chi connectivity index (χ0n) is 13.7. The lowest BCUT2D eigenvalue weighted by Crippen LogP contribution is -2.34. The zero-order chi connectivity index (χ0) is 17.2. The highest BCUT2D eigenvalue weighted by Crippen LogP contribution is 2.37. The Kier molecular flexibility index (Phi) is 4.53. The number of nitrogens with two attached hydrogens (primary N) is 2. The number of benzene rings is 2. The minimum absolute atomic E-state index is 0.233. The van der Waals surface area contributed by atoms with Crippen LogP contribution in [0, 0.1) is 0 Å². The highest BCUT2D eigenvalue weighted by atomic mass is 19.1.